The Morgan fingerprint density at radius 3 is 2.84 bits per heavy atom. The van der Waals surface area contributed by atoms with Crippen molar-refractivity contribution in [3.8, 4) is 0 Å². The van der Waals surface area contributed by atoms with Crippen LogP contribution in [0, 0.1) is 6.92 Å². The van der Waals surface area contributed by atoms with Gasteiger partial charge < -0.3 is 0 Å². The number of nitrogens with zero attached hydrogens (tertiary/aromatic N) is 6. The van der Waals surface area contributed by atoms with Gasteiger partial charge in [0, 0.05) is 12.4 Å². The third-order valence-corrected chi connectivity index (χ3v) is 6.53. The second-order valence-corrected chi connectivity index (χ2v) is 8.50. The molecule has 3 heterocycles. The SMILES string of the molecule is Cc1ccc(Cl)c2sc(N(Cc3cccnc3)C(=O)Cn3nnc4ccccc43)nc12. The summed E-state index contributed by atoms with van der Waals surface area (Å²) in [5, 5.41) is 9.52. The number of fused-ring (bicyclic) bond motifs is 2. The summed E-state index contributed by atoms with van der Waals surface area (Å²) >= 11 is 7.81. The molecule has 5 rings (SSSR count). The second-order valence-electron chi connectivity index (χ2n) is 7.12. The van der Waals surface area contributed by atoms with Crippen molar-refractivity contribution in [3.63, 3.8) is 0 Å². The van der Waals surface area contributed by atoms with Gasteiger partial charge in [0.05, 0.1) is 27.3 Å². The van der Waals surface area contributed by atoms with Crippen molar-refractivity contribution >= 4 is 55.2 Å². The average molecular weight is 449 g/mol. The van der Waals surface area contributed by atoms with Crippen LogP contribution < -0.4 is 4.90 Å². The minimum absolute atomic E-state index is 0.0451. The lowest BCUT2D eigenvalue weighted by Gasteiger charge is -2.20. The molecule has 0 saturated carbocycles. The van der Waals surface area contributed by atoms with Gasteiger partial charge in [0.1, 0.15) is 12.1 Å². The van der Waals surface area contributed by atoms with Crippen molar-refractivity contribution in [1.82, 2.24) is 25.0 Å². The zero-order chi connectivity index (χ0) is 21.4. The molecule has 0 radical (unpaired) electrons. The first-order valence-electron chi connectivity index (χ1n) is 9.63. The Bertz CT molecular complexity index is 1360. The molecule has 7 nitrogen and oxygen atoms in total. The van der Waals surface area contributed by atoms with E-state index in [1.165, 1.54) is 11.3 Å². The molecule has 0 aliphatic heterocycles. The Morgan fingerprint density at radius 2 is 2.03 bits per heavy atom. The molecule has 0 atom stereocenters. The second kappa shape index (κ2) is 8.05. The molecule has 9 heteroatoms. The van der Waals surface area contributed by atoms with E-state index >= 15 is 0 Å². The van der Waals surface area contributed by atoms with Crippen LogP contribution in [0.3, 0.4) is 0 Å². The van der Waals surface area contributed by atoms with E-state index < -0.39 is 0 Å². The summed E-state index contributed by atoms with van der Waals surface area (Å²) in [6.07, 6.45) is 3.45. The molecule has 0 unspecified atom stereocenters. The molecule has 0 saturated heterocycles. The first kappa shape index (κ1) is 19.6. The molecule has 5 aromatic rings. The van der Waals surface area contributed by atoms with Crippen LogP contribution in [0.2, 0.25) is 5.02 Å². The highest BCUT2D eigenvalue weighted by atomic mass is 35.5. The number of hydrogen-bond acceptors (Lipinski definition) is 6. The van der Waals surface area contributed by atoms with Crippen LogP contribution in [0.4, 0.5) is 5.13 Å². The Balaban J connectivity index is 1.55. The molecular formula is C22H17ClN6OS. The maximum atomic E-state index is 13.5. The summed E-state index contributed by atoms with van der Waals surface area (Å²) in [7, 11) is 0. The monoisotopic (exact) mass is 448 g/mol. The summed E-state index contributed by atoms with van der Waals surface area (Å²) in [4.78, 5) is 24.0. The zero-order valence-corrected chi connectivity index (χ0v) is 18.1. The smallest absolute Gasteiger partial charge is 0.250 e. The fourth-order valence-electron chi connectivity index (χ4n) is 3.39. The highest BCUT2D eigenvalue weighted by molar-refractivity contribution is 7.23. The van der Waals surface area contributed by atoms with Gasteiger partial charge in [0.15, 0.2) is 5.13 Å². The lowest BCUT2D eigenvalue weighted by molar-refractivity contribution is -0.119. The van der Waals surface area contributed by atoms with E-state index in [1.54, 1.807) is 22.0 Å². The van der Waals surface area contributed by atoms with E-state index in [9.17, 15) is 4.79 Å². The quantitative estimate of drug-likeness (QED) is 0.391. The van der Waals surface area contributed by atoms with Gasteiger partial charge in [-0.05, 0) is 42.3 Å². The van der Waals surface area contributed by atoms with Gasteiger partial charge in [-0.15, -0.1) is 5.10 Å². The lowest BCUT2D eigenvalue weighted by Crippen LogP contribution is -2.33. The maximum Gasteiger partial charge on any atom is 0.250 e. The van der Waals surface area contributed by atoms with Gasteiger partial charge in [-0.2, -0.15) is 0 Å². The van der Waals surface area contributed by atoms with Gasteiger partial charge in [0.2, 0.25) is 0 Å². The number of rotatable bonds is 5. The Labute approximate surface area is 186 Å². The highest BCUT2D eigenvalue weighted by Gasteiger charge is 2.23. The number of aryl methyl sites for hydroxylation is 1. The maximum absolute atomic E-state index is 13.5. The molecule has 154 valence electrons. The molecule has 1 amide bonds. The van der Waals surface area contributed by atoms with E-state index in [4.69, 9.17) is 16.6 Å². The van der Waals surface area contributed by atoms with Crippen LogP contribution in [0.1, 0.15) is 11.1 Å². The largest absolute Gasteiger partial charge is 0.282 e. The fourth-order valence-corrected chi connectivity index (χ4v) is 4.72. The summed E-state index contributed by atoms with van der Waals surface area (Å²) in [5.74, 6) is -0.146. The predicted molar refractivity (Wildman–Crippen MR) is 122 cm³/mol. The first-order chi connectivity index (χ1) is 15.1. The zero-order valence-electron chi connectivity index (χ0n) is 16.6. The Hall–Kier alpha value is -3.36. The number of anilines is 1. The van der Waals surface area contributed by atoms with Gasteiger partial charge >= 0.3 is 0 Å². The van der Waals surface area contributed by atoms with E-state index in [0.29, 0.717) is 16.7 Å². The average Bonchev–Trinajstić information content (AvgIpc) is 3.41. The van der Waals surface area contributed by atoms with Crippen LogP contribution in [0.15, 0.2) is 60.9 Å². The standard InChI is InChI=1S/C22H17ClN6OS/c1-14-8-9-16(23)21-20(14)25-22(31-21)28(12-15-5-4-10-24-11-15)19(30)13-29-18-7-3-2-6-17(18)26-27-29/h2-11H,12-13H2,1H3. The molecule has 0 N–H and O–H groups in total. The van der Waals surface area contributed by atoms with Crippen molar-refractivity contribution in [3.05, 3.63) is 77.1 Å². The van der Waals surface area contributed by atoms with Gasteiger partial charge in [-0.3, -0.25) is 14.7 Å². The topological polar surface area (TPSA) is 76.8 Å². The van der Waals surface area contributed by atoms with Crippen LogP contribution in [-0.4, -0.2) is 30.9 Å². The number of thiazole rings is 1. The number of amides is 1. The van der Waals surface area contributed by atoms with Crippen molar-refractivity contribution in [2.24, 2.45) is 0 Å². The minimum Gasteiger partial charge on any atom is -0.282 e. The lowest BCUT2D eigenvalue weighted by atomic mass is 10.2. The molecule has 0 aliphatic carbocycles. The molecule has 0 bridgehead atoms. The Kier molecular flexibility index (Phi) is 5.09. The summed E-state index contributed by atoms with van der Waals surface area (Å²) in [6, 6.07) is 15.1. The fraction of sp³-hybridized carbons (Fsp3) is 0.136. The van der Waals surface area contributed by atoms with Crippen LogP contribution in [-0.2, 0) is 17.9 Å². The van der Waals surface area contributed by atoms with Gasteiger partial charge in [-0.1, -0.05) is 52.4 Å². The number of halogens is 1. The predicted octanol–water partition coefficient (Wildman–Crippen LogP) is 4.63. The van der Waals surface area contributed by atoms with Crippen molar-refractivity contribution in [2.75, 3.05) is 4.90 Å². The van der Waals surface area contributed by atoms with Crippen molar-refractivity contribution in [2.45, 2.75) is 20.0 Å². The van der Waals surface area contributed by atoms with E-state index in [2.05, 4.69) is 15.3 Å². The third kappa shape index (κ3) is 3.75. The van der Waals surface area contributed by atoms with Gasteiger partial charge in [0.25, 0.3) is 5.91 Å². The summed E-state index contributed by atoms with van der Waals surface area (Å²) in [6.45, 7) is 2.37. The molecular weight excluding hydrogens is 432 g/mol. The van der Waals surface area contributed by atoms with Crippen LogP contribution in [0.25, 0.3) is 21.3 Å². The van der Waals surface area contributed by atoms with Crippen molar-refractivity contribution < 1.29 is 4.79 Å². The number of carbonyl (C=O) groups is 1. The molecule has 0 spiro atoms. The van der Waals surface area contributed by atoms with E-state index in [0.717, 1.165) is 32.4 Å². The first-order valence-corrected chi connectivity index (χ1v) is 10.8. The van der Waals surface area contributed by atoms with Gasteiger partial charge in [-0.25, -0.2) is 9.67 Å². The normalized spacial score (nSPS) is 11.3. The number of carbonyl (C=O) groups excluding carboxylic acids is 1. The minimum atomic E-state index is -0.146. The third-order valence-electron chi connectivity index (χ3n) is 4.99. The number of para-hydroxylation sites is 1. The number of pyridine rings is 1. The molecule has 3 aromatic heterocycles. The highest BCUT2D eigenvalue weighted by Crippen LogP contribution is 2.36. The number of aromatic nitrogens is 5. The molecule has 31 heavy (non-hydrogen) atoms. The molecule has 0 fully saturated rings. The summed E-state index contributed by atoms with van der Waals surface area (Å²) in [5.41, 5.74) is 4.28. The van der Waals surface area contributed by atoms with E-state index in [1.807, 2.05) is 55.5 Å². The Morgan fingerprint density at radius 1 is 1.16 bits per heavy atom. The summed E-state index contributed by atoms with van der Waals surface area (Å²) < 4.78 is 2.48. The van der Waals surface area contributed by atoms with Crippen LogP contribution >= 0.6 is 22.9 Å². The number of benzene rings is 2. The number of hydrogen-bond donors (Lipinski definition) is 0. The molecule has 2 aromatic carbocycles. The molecule has 0 aliphatic rings. The van der Waals surface area contributed by atoms with Crippen molar-refractivity contribution in [1.29, 1.82) is 0 Å². The van der Waals surface area contributed by atoms with Crippen LogP contribution in [0.5, 0.6) is 0 Å². The van der Waals surface area contributed by atoms with E-state index in [-0.39, 0.29) is 12.5 Å².